The predicted octanol–water partition coefficient (Wildman–Crippen LogP) is 5.29. The molecular weight excluding hydrogens is 350 g/mol. The standard InChI is InChI=1S/C24H29NO3/c1-17(27-23-13-10-18-6-2-3-7-19(18)16-23)24(26)25-20-11-14-22(15-12-20)28-21-8-4-5-9-21/h10-17,21H,2-9H2,1H3,(H,25,26)/t17-/m1/s1. The number of amides is 1. The van der Waals surface area contributed by atoms with Crippen LogP contribution < -0.4 is 14.8 Å². The zero-order valence-corrected chi connectivity index (χ0v) is 16.6. The first-order chi connectivity index (χ1) is 13.7. The second-order valence-electron chi connectivity index (χ2n) is 7.94. The van der Waals surface area contributed by atoms with Crippen LogP contribution in [0.4, 0.5) is 5.69 Å². The second kappa shape index (κ2) is 8.68. The minimum atomic E-state index is -0.559. The van der Waals surface area contributed by atoms with Crippen LogP contribution in [-0.4, -0.2) is 18.1 Å². The van der Waals surface area contributed by atoms with Crippen molar-refractivity contribution >= 4 is 11.6 Å². The van der Waals surface area contributed by atoms with Crippen molar-refractivity contribution in [3.05, 3.63) is 53.6 Å². The molecule has 4 rings (SSSR count). The highest BCUT2D eigenvalue weighted by atomic mass is 16.5. The Morgan fingerprint density at radius 2 is 1.61 bits per heavy atom. The SMILES string of the molecule is C[C@@H](Oc1ccc2c(c1)CCCC2)C(=O)Nc1ccc(OC2CCCC2)cc1. The highest BCUT2D eigenvalue weighted by molar-refractivity contribution is 5.94. The van der Waals surface area contributed by atoms with Crippen molar-refractivity contribution in [3.63, 3.8) is 0 Å². The van der Waals surface area contributed by atoms with Gasteiger partial charge >= 0.3 is 0 Å². The topological polar surface area (TPSA) is 47.6 Å². The van der Waals surface area contributed by atoms with E-state index in [-0.39, 0.29) is 5.91 Å². The maximum Gasteiger partial charge on any atom is 0.265 e. The van der Waals surface area contributed by atoms with Crippen molar-refractivity contribution in [2.45, 2.75) is 70.5 Å². The van der Waals surface area contributed by atoms with Gasteiger partial charge in [0.15, 0.2) is 6.10 Å². The molecule has 2 aromatic carbocycles. The fraction of sp³-hybridized carbons (Fsp3) is 0.458. The predicted molar refractivity (Wildman–Crippen MR) is 111 cm³/mol. The van der Waals surface area contributed by atoms with Crippen molar-refractivity contribution in [3.8, 4) is 11.5 Å². The van der Waals surface area contributed by atoms with Crippen molar-refractivity contribution in [1.82, 2.24) is 0 Å². The first-order valence-electron chi connectivity index (χ1n) is 10.5. The monoisotopic (exact) mass is 379 g/mol. The van der Waals surface area contributed by atoms with Gasteiger partial charge in [-0.1, -0.05) is 6.07 Å². The molecule has 1 saturated carbocycles. The van der Waals surface area contributed by atoms with Gasteiger partial charge in [0.1, 0.15) is 11.5 Å². The molecule has 4 nitrogen and oxygen atoms in total. The van der Waals surface area contributed by atoms with Crippen molar-refractivity contribution in [1.29, 1.82) is 0 Å². The molecule has 2 aliphatic rings. The zero-order valence-electron chi connectivity index (χ0n) is 16.6. The van der Waals surface area contributed by atoms with Gasteiger partial charge in [-0.25, -0.2) is 0 Å². The first-order valence-corrected chi connectivity index (χ1v) is 10.5. The van der Waals surface area contributed by atoms with Gasteiger partial charge in [-0.05, 0) is 106 Å². The summed E-state index contributed by atoms with van der Waals surface area (Å²) in [5.41, 5.74) is 3.52. The summed E-state index contributed by atoms with van der Waals surface area (Å²) in [5, 5.41) is 2.93. The molecule has 1 N–H and O–H groups in total. The lowest BCUT2D eigenvalue weighted by atomic mass is 9.92. The quantitative estimate of drug-likeness (QED) is 0.741. The summed E-state index contributed by atoms with van der Waals surface area (Å²) in [5.74, 6) is 1.48. The molecule has 0 spiro atoms. The molecule has 0 unspecified atom stereocenters. The van der Waals surface area contributed by atoms with E-state index in [1.165, 1.54) is 36.8 Å². The van der Waals surface area contributed by atoms with E-state index in [1.54, 1.807) is 6.92 Å². The largest absolute Gasteiger partial charge is 0.490 e. The van der Waals surface area contributed by atoms with Crippen LogP contribution in [-0.2, 0) is 17.6 Å². The van der Waals surface area contributed by atoms with Gasteiger partial charge in [-0.2, -0.15) is 0 Å². The lowest BCUT2D eigenvalue weighted by Gasteiger charge is -2.19. The number of ether oxygens (including phenoxy) is 2. The Kier molecular flexibility index (Phi) is 5.84. The van der Waals surface area contributed by atoms with Crippen molar-refractivity contribution < 1.29 is 14.3 Å². The maximum absolute atomic E-state index is 12.5. The van der Waals surface area contributed by atoms with Crippen molar-refractivity contribution in [2.75, 3.05) is 5.32 Å². The normalized spacial score (nSPS) is 17.6. The molecule has 0 saturated heterocycles. The molecule has 1 amide bonds. The highest BCUT2D eigenvalue weighted by Gasteiger charge is 2.18. The number of rotatable bonds is 6. The number of hydrogen-bond donors (Lipinski definition) is 1. The van der Waals surface area contributed by atoms with E-state index in [0.717, 1.165) is 42.9 Å². The molecule has 2 aromatic rings. The second-order valence-corrected chi connectivity index (χ2v) is 7.94. The van der Waals surface area contributed by atoms with Crippen LogP contribution in [0.1, 0.15) is 56.6 Å². The number of hydrogen-bond acceptors (Lipinski definition) is 3. The molecule has 1 atom stereocenters. The Morgan fingerprint density at radius 3 is 2.36 bits per heavy atom. The van der Waals surface area contributed by atoms with E-state index in [2.05, 4.69) is 17.4 Å². The summed E-state index contributed by atoms with van der Waals surface area (Å²) in [6, 6.07) is 13.8. The number of benzene rings is 2. The van der Waals surface area contributed by atoms with Gasteiger partial charge in [-0.3, -0.25) is 4.79 Å². The number of fused-ring (bicyclic) bond motifs is 1. The third-order valence-corrected chi connectivity index (χ3v) is 5.73. The number of aryl methyl sites for hydroxylation is 2. The molecule has 1 fully saturated rings. The fourth-order valence-corrected chi connectivity index (χ4v) is 4.10. The van der Waals surface area contributed by atoms with Crippen LogP contribution in [0.3, 0.4) is 0 Å². The number of nitrogens with one attached hydrogen (secondary N) is 1. The van der Waals surface area contributed by atoms with Gasteiger partial charge in [0.05, 0.1) is 6.10 Å². The third kappa shape index (κ3) is 4.67. The molecule has 0 aromatic heterocycles. The summed E-state index contributed by atoms with van der Waals surface area (Å²) in [6.07, 6.45) is 9.29. The molecule has 0 heterocycles. The van der Waals surface area contributed by atoms with Crippen LogP contribution in [0.5, 0.6) is 11.5 Å². The first kappa shape index (κ1) is 18.9. The Bertz CT molecular complexity index is 809. The highest BCUT2D eigenvalue weighted by Crippen LogP contribution is 2.27. The maximum atomic E-state index is 12.5. The molecular formula is C24H29NO3. The van der Waals surface area contributed by atoms with Gasteiger partial charge in [0.25, 0.3) is 5.91 Å². The summed E-state index contributed by atoms with van der Waals surface area (Å²) in [6.45, 7) is 1.78. The van der Waals surface area contributed by atoms with Gasteiger partial charge in [0, 0.05) is 5.69 Å². The average Bonchev–Trinajstić information content (AvgIpc) is 3.22. The molecule has 28 heavy (non-hydrogen) atoms. The van der Waals surface area contributed by atoms with Crippen LogP contribution in [0.15, 0.2) is 42.5 Å². The van der Waals surface area contributed by atoms with E-state index in [4.69, 9.17) is 9.47 Å². The molecule has 4 heteroatoms. The summed E-state index contributed by atoms with van der Waals surface area (Å²) < 4.78 is 11.9. The average molecular weight is 380 g/mol. The molecule has 0 bridgehead atoms. The molecule has 2 aliphatic carbocycles. The van der Waals surface area contributed by atoms with E-state index in [9.17, 15) is 4.79 Å². The Morgan fingerprint density at radius 1 is 0.929 bits per heavy atom. The van der Waals surface area contributed by atoms with Crippen LogP contribution in [0.2, 0.25) is 0 Å². The Labute approximate surface area is 167 Å². The van der Waals surface area contributed by atoms with Crippen LogP contribution >= 0.6 is 0 Å². The van der Waals surface area contributed by atoms with E-state index in [1.807, 2.05) is 30.3 Å². The smallest absolute Gasteiger partial charge is 0.265 e. The summed E-state index contributed by atoms with van der Waals surface area (Å²) in [7, 11) is 0. The lowest BCUT2D eigenvalue weighted by Crippen LogP contribution is -2.30. The number of carbonyl (C=O) groups is 1. The zero-order chi connectivity index (χ0) is 19.3. The molecule has 148 valence electrons. The van der Waals surface area contributed by atoms with E-state index >= 15 is 0 Å². The lowest BCUT2D eigenvalue weighted by molar-refractivity contribution is -0.122. The minimum absolute atomic E-state index is 0.151. The Hall–Kier alpha value is -2.49. The molecule has 0 radical (unpaired) electrons. The number of carbonyl (C=O) groups excluding carboxylic acids is 1. The summed E-state index contributed by atoms with van der Waals surface area (Å²) in [4.78, 5) is 12.5. The third-order valence-electron chi connectivity index (χ3n) is 5.73. The van der Waals surface area contributed by atoms with Crippen LogP contribution in [0.25, 0.3) is 0 Å². The fourth-order valence-electron chi connectivity index (χ4n) is 4.10. The van der Waals surface area contributed by atoms with Crippen LogP contribution in [0, 0.1) is 0 Å². The Balaban J connectivity index is 1.31. The van der Waals surface area contributed by atoms with Gasteiger partial charge < -0.3 is 14.8 Å². The van der Waals surface area contributed by atoms with Gasteiger partial charge in [-0.15, -0.1) is 0 Å². The van der Waals surface area contributed by atoms with Gasteiger partial charge in [0.2, 0.25) is 0 Å². The molecule has 0 aliphatic heterocycles. The van der Waals surface area contributed by atoms with E-state index < -0.39 is 6.10 Å². The number of anilines is 1. The van der Waals surface area contributed by atoms with E-state index in [0.29, 0.717) is 6.10 Å². The van der Waals surface area contributed by atoms with Crippen molar-refractivity contribution in [2.24, 2.45) is 0 Å². The minimum Gasteiger partial charge on any atom is -0.490 e. The summed E-state index contributed by atoms with van der Waals surface area (Å²) >= 11 is 0.